The molecular weight excluding hydrogens is 308 g/mol. The van der Waals surface area contributed by atoms with Crippen molar-refractivity contribution >= 4 is 17.2 Å². The molecule has 2 aromatic heterocycles. The molecule has 3 aliphatic rings. The topological polar surface area (TPSA) is 58.1 Å². The molecule has 0 aliphatic carbocycles. The quantitative estimate of drug-likeness (QED) is 0.940. The molecule has 23 heavy (non-hydrogen) atoms. The molecule has 3 saturated heterocycles. The van der Waals surface area contributed by atoms with Crippen LogP contribution in [0.15, 0.2) is 29.9 Å². The Morgan fingerprint density at radius 1 is 1.39 bits per heavy atom. The van der Waals surface area contributed by atoms with Gasteiger partial charge in [-0.15, -0.1) is 11.3 Å². The SMILES string of the molecule is C[C@@H]1[C@H](NC(=O)c2csc(-c3cccnc3)n2)C2CCN1CC2. The highest BCUT2D eigenvalue weighted by atomic mass is 32.1. The molecular formula is C17H20N4OS. The third-order valence-electron chi connectivity index (χ3n) is 5.12. The number of amides is 1. The number of fused-ring (bicyclic) bond motifs is 3. The summed E-state index contributed by atoms with van der Waals surface area (Å²) in [4.78, 5) is 23.6. The summed E-state index contributed by atoms with van der Waals surface area (Å²) in [5.74, 6) is 0.553. The second-order valence-corrected chi connectivity index (χ2v) is 7.25. The third-order valence-corrected chi connectivity index (χ3v) is 6.01. The monoisotopic (exact) mass is 328 g/mol. The molecule has 0 radical (unpaired) electrons. The van der Waals surface area contributed by atoms with Crippen LogP contribution in [0, 0.1) is 5.92 Å². The maximum Gasteiger partial charge on any atom is 0.271 e. The van der Waals surface area contributed by atoms with Gasteiger partial charge in [-0.1, -0.05) is 0 Å². The lowest BCUT2D eigenvalue weighted by Crippen LogP contribution is -2.62. The van der Waals surface area contributed by atoms with E-state index in [1.54, 1.807) is 12.4 Å². The Hall–Kier alpha value is -1.79. The van der Waals surface area contributed by atoms with E-state index in [-0.39, 0.29) is 11.9 Å². The minimum Gasteiger partial charge on any atom is -0.346 e. The second-order valence-electron chi connectivity index (χ2n) is 6.39. The standard InChI is InChI=1S/C17H20N4OS/c1-11-15(12-4-7-21(11)8-5-12)20-16(22)14-10-23-17(19-14)13-3-2-6-18-9-13/h2-3,6,9-12,15H,4-5,7-8H2,1H3,(H,20,22)/t11-,15+/m1/s1. The van der Waals surface area contributed by atoms with Gasteiger partial charge < -0.3 is 5.32 Å². The molecule has 3 fully saturated rings. The lowest BCUT2D eigenvalue weighted by atomic mass is 9.79. The number of pyridine rings is 1. The Kier molecular flexibility index (Phi) is 3.87. The summed E-state index contributed by atoms with van der Waals surface area (Å²) in [6.07, 6.45) is 5.89. The Bertz CT molecular complexity index is 692. The molecule has 6 heteroatoms. The molecule has 5 rings (SSSR count). The Morgan fingerprint density at radius 3 is 2.91 bits per heavy atom. The van der Waals surface area contributed by atoms with E-state index in [0.717, 1.165) is 10.6 Å². The van der Waals surface area contributed by atoms with Crippen molar-refractivity contribution in [3.05, 3.63) is 35.6 Å². The summed E-state index contributed by atoms with van der Waals surface area (Å²) >= 11 is 1.49. The Labute approximate surface area is 139 Å². The molecule has 120 valence electrons. The number of rotatable bonds is 3. The zero-order chi connectivity index (χ0) is 15.8. The highest BCUT2D eigenvalue weighted by molar-refractivity contribution is 7.13. The molecule has 0 saturated carbocycles. The maximum absolute atomic E-state index is 12.6. The number of nitrogens with one attached hydrogen (secondary N) is 1. The minimum absolute atomic E-state index is 0.0537. The van der Waals surface area contributed by atoms with Crippen LogP contribution in [0.5, 0.6) is 0 Å². The van der Waals surface area contributed by atoms with Crippen LogP contribution in [0.4, 0.5) is 0 Å². The van der Waals surface area contributed by atoms with Crippen molar-refractivity contribution < 1.29 is 4.79 Å². The molecule has 3 aliphatic heterocycles. The summed E-state index contributed by atoms with van der Waals surface area (Å²) in [6, 6.07) is 4.50. The summed E-state index contributed by atoms with van der Waals surface area (Å²) in [5, 5.41) is 5.90. The molecule has 1 N–H and O–H groups in total. The van der Waals surface area contributed by atoms with Gasteiger partial charge in [-0.3, -0.25) is 14.7 Å². The van der Waals surface area contributed by atoms with Crippen LogP contribution in [-0.4, -0.2) is 45.9 Å². The first-order chi connectivity index (χ1) is 11.2. The van der Waals surface area contributed by atoms with E-state index in [9.17, 15) is 4.79 Å². The molecule has 1 amide bonds. The van der Waals surface area contributed by atoms with Gasteiger partial charge >= 0.3 is 0 Å². The fraction of sp³-hybridized carbons (Fsp3) is 0.471. The van der Waals surface area contributed by atoms with Gasteiger partial charge in [0.05, 0.1) is 0 Å². The van der Waals surface area contributed by atoms with Gasteiger partial charge in [-0.25, -0.2) is 4.98 Å². The summed E-state index contributed by atoms with van der Waals surface area (Å²) < 4.78 is 0. The van der Waals surface area contributed by atoms with Crippen LogP contribution in [0.2, 0.25) is 0 Å². The largest absolute Gasteiger partial charge is 0.346 e. The molecule has 2 aromatic rings. The average molecular weight is 328 g/mol. The van der Waals surface area contributed by atoms with Crippen LogP contribution in [-0.2, 0) is 0 Å². The van der Waals surface area contributed by atoms with E-state index in [1.807, 2.05) is 17.5 Å². The van der Waals surface area contributed by atoms with Gasteiger partial charge in [0.1, 0.15) is 10.7 Å². The number of hydrogen-bond donors (Lipinski definition) is 1. The highest BCUT2D eigenvalue weighted by Gasteiger charge is 2.40. The van der Waals surface area contributed by atoms with Crippen molar-refractivity contribution in [2.45, 2.75) is 31.8 Å². The van der Waals surface area contributed by atoms with Crippen LogP contribution < -0.4 is 5.32 Å². The maximum atomic E-state index is 12.6. The zero-order valence-corrected chi connectivity index (χ0v) is 13.9. The van der Waals surface area contributed by atoms with Gasteiger partial charge in [0.15, 0.2) is 0 Å². The first-order valence-corrected chi connectivity index (χ1v) is 9.01. The van der Waals surface area contributed by atoms with Crippen molar-refractivity contribution in [1.29, 1.82) is 0 Å². The van der Waals surface area contributed by atoms with E-state index in [1.165, 1.54) is 37.3 Å². The second kappa shape index (κ2) is 6.02. The van der Waals surface area contributed by atoms with E-state index in [0.29, 0.717) is 17.7 Å². The van der Waals surface area contributed by atoms with Crippen LogP contribution in [0.1, 0.15) is 30.3 Å². The molecule has 2 atom stereocenters. The van der Waals surface area contributed by atoms with Gasteiger partial charge in [-0.05, 0) is 50.9 Å². The number of hydrogen-bond acceptors (Lipinski definition) is 5. The van der Waals surface area contributed by atoms with Crippen LogP contribution in [0.3, 0.4) is 0 Å². The number of nitrogens with zero attached hydrogens (tertiary/aromatic N) is 3. The minimum atomic E-state index is -0.0537. The smallest absolute Gasteiger partial charge is 0.271 e. The van der Waals surface area contributed by atoms with Gasteiger partial charge in [0.2, 0.25) is 0 Å². The first-order valence-electron chi connectivity index (χ1n) is 8.13. The first kappa shape index (κ1) is 14.8. The van der Waals surface area contributed by atoms with E-state index in [4.69, 9.17) is 0 Å². The summed E-state index contributed by atoms with van der Waals surface area (Å²) in [6.45, 7) is 4.55. The average Bonchev–Trinajstić information content (AvgIpc) is 3.09. The van der Waals surface area contributed by atoms with E-state index >= 15 is 0 Å². The van der Waals surface area contributed by atoms with E-state index in [2.05, 4.69) is 27.1 Å². The van der Waals surface area contributed by atoms with Crippen LogP contribution in [0.25, 0.3) is 10.6 Å². The fourth-order valence-electron chi connectivity index (χ4n) is 3.77. The molecule has 5 nitrogen and oxygen atoms in total. The van der Waals surface area contributed by atoms with Crippen molar-refractivity contribution in [2.75, 3.05) is 13.1 Å². The third kappa shape index (κ3) is 2.77. The number of aromatic nitrogens is 2. The van der Waals surface area contributed by atoms with Crippen molar-refractivity contribution in [3.63, 3.8) is 0 Å². The van der Waals surface area contributed by atoms with Gasteiger partial charge in [0, 0.05) is 35.4 Å². The van der Waals surface area contributed by atoms with Gasteiger partial charge in [-0.2, -0.15) is 0 Å². The molecule has 0 spiro atoms. The zero-order valence-electron chi connectivity index (χ0n) is 13.1. The normalized spacial score (nSPS) is 29.4. The van der Waals surface area contributed by atoms with Gasteiger partial charge in [0.25, 0.3) is 5.91 Å². The Balaban J connectivity index is 1.49. The molecule has 0 aromatic carbocycles. The number of carbonyl (C=O) groups excluding carboxylic acids is 1. The lowest BCUT2D eigenvalue weighted by molar-refractivity contribution is 0.0216. The number of piperidine rings is 3. The van der Waals surface area contributed by atoms with E-state index < -0.39 is 0 Å². The Morgan fingerprint density at radius 2 is 2.22 bits per heavy atom. The van der Waals surface area contributed by atoms with Crippen molar-refractivity contribution in [1.82, 2.24) is 20.2 Å². The van der Waals surface area contributed by atoms with Crippen molar-refractivity contribution in [2.24, 2.45) is 5.92 Å². The molecule has 2 bridgehead atoms. The van der Waals surface area contributed by atoms with Crippen LogP contribution >= 0.6 is 11.3 Å². The predicted octanol–water partition coefficient (Wildman–Crippen LogP) is 2.42. The fourth-order valence-corrected chi connectivity index (χ4v) is 4.56. The summed E-state index contributed by atoms with van der Waals surface area (Å²) in [5.41, 5.74) is 1.46. The number of carbonyl (C=O) groups is 1. The lowest BCUT2D eigenvalue weighted by Gasteiger charge is -2.49. The highest BCUT2D eigenvalue weighted by Crippen LogP contribution is 2.32. The molecule has 0 unspecified atom stereocenters. The molecule has 5 heterocycles. The summed E-state index contributed by atoms with van der Waals surface area (Å²) in [7, 11) is 0. The predicted molar refractivity (Wildman–Crippen MR) is 90.4 cm³/mol. The number of thiazole rings is 1. The van der Waals surface area contributed by atoms with Crippen molar-refractivity contribution in [3.8, 4) is 10.6 Å².